The molecule has 0 amide bonds. The maximum atomic E-state index is 10.1. The largest absolute Gasteiger partial charge is 0.394 e. The average molecular weight is 296 g/mol. The summed E-state index contributed by atoms with van der Waals surface area (Å²) >= 11 is 6.08. The Hall–Kier alpha value is -0.730. The lowest BCUT2D eigenvalue weighted by Gasteiger charge is -2.48. The van der Waals surface area contributed by atoms with Gasteiger partial charge in [0.15, 0.2) is 0 Å². The Kier molecular flexibility index (Phi) is 4.98. The quantitative estimate of drug-likeness (QED) is 0.852. The molecular formula is C17H26ClNO. The Morgan fingerprint density at radius 1 is 1.40 bits per heavy atom. The highest BCUT2D eigenvalue weighted by Gasteiger charge is 2.43. The van der Waals surface area contributed by atoms with Crippen LogP contribution in [0.15, 0.2) is 24.3 Å². The summed E-state index contributed by atoms with van der Waals surface area (Å²) in [6, 6.07) is 7.80. The van der Waals surface area contributed by atoms with Crippen LogP contribution in [0.4, 0.5) is 5.69 Å². The molecule has 3 atom stereocenters. The molecule has 1 saturated carbocycles. The van der Waals surface area contributed by atoms with E-state index in [4.69, 9.17) is 11.6 Å². The third kappa shape index (κ3) is 3.29. The van der Waals surface area contributed by atoms with Crippen molar-refractivity contribution in [1.82, 2.24) is 0 Å². The Labute approximate surface area is 127 Å². The van der Waals surface area contributed by atoms with Crippen LogP contribution < -0.4 is 5.32 Å². The molecule has 0 aromatic heterocycles. The number of nitrogens with one attached hydrogen (secondary N) is 1. The fourth-order valence-electron chi connectivity index (χ4n) is 3.81. The molecule has 1 fully saturated rings. The Bertz CT molecular complexity index is 448. The molecule has 2 rings (SSSR count). The molecular weight excluding hydrogens is 270 g/mol. The van der Waals surface area contributed by atoms with E-state index in [0.29, 0.717) is 17.8 Å². The van der Waals surface area contributed by atoms with Gasteiger partial charge in [-0.1, -0.05) is 44.9 Å². The molecule has 1 aromatic rings. The molecule has 0 bridgehead atoms. The Morgan fingerprint density at radius 2 is 2.15 bits per heavy atom. The summed E-state index contributed by atoms with van der Waals surface area (Å²) in [5.74, 6) is 1.69. The molecule has 1 aliphatic rings. The highest BCUT2D eigenvalue weighted by Crippen LogP contribution is 2.43. The number of benzene rings is 1. The number of hydrogen-bond acceptors (Lipinski definition) is 2. The van der Waals surface area contributed by atoms with Crippen LogP contribution in [0.2, 0.25) is 5.02 Å². The van der Waals surface area contributed by atoms with Crippen molar-refractivity contribution in [2.24, 2.45) is 17.8 Å². The zero-order chi connectivity index (χ0) is 14.8. The first-order valence-corrected chi connectivity index (χ1v) is 7.99. The van der Waals surface area contributed by atoms with Crippen molar-refractivity contribution < 1.29 is 5.11 Å². The number of rotatable bonds is 4. The van der Waals surface area contributed by atoms with Gasteiger partial charge in [-0.15, -0.1) is 0 Å². The minimum Gasteiger partial charge on any atom is -0.394 e. The normalized spacial score (nSPS) is 30.5. The van der Waals surface area contributed by atoms with Gasteiger partial charge in [-0.3, -0.25) is 0 Å². The third-order valence-electron chi connectivity index (χ3n) is 4.70. The van der Waals surface area contributed by atoms with Crippen LogP contribution in [-0.4, -0.2) is 17.3 Å². The molecule has 0 heterocycles. The second kappa shape index (κ2) is 6.36. The Morgan fingerprint density at radius 3 is 2.75 bits per heavy atom. The number of aliphatic hydroxyl groups is 1. The minimum absolute atomic E-state index is 0.173. The predicted molar refractivity (Wildman–Crippen MR) is 86.2 cm³/mol. The molecule has 2 nitrogen and oxygen atoms in total. The third-order valence-corrected chi connectivity index (χ3v) is 4.93. The van der Waals surface area contributed by atoms with Gasteiger partial charge in [-0.25, -0.2) is 0 Å². The molecule has 3 heteroatoms. The van der Waals surface area contributed by atoms with E-state index in [-0.39, 0.29) is 12.1 Å². The van der Waals surface area contributed by atoms with Gasteiger partial charge < -0.3 is 10.4 Å². The standard InChI is InChI=1S/C17H26ClNO/c1-12(2)16-8-7-13(3)10-17(16,11-20)19-15-6-4-5-14(18)9-15/h4-6,9,12-13,16,19-20H,7-8,10-11H2,1-3H3. The van der Waals surface area contributed by atoms with Crippen molar-refractivity contribution in [1.29, 1.82) is 0 Å². The van der Waals surface area contributed by atoms with Crippen molar-refractivity contribution in [3.05, 3.63) is 29.3 Å². The summed E-state index contributed by atoms with van der Waals surface area (Å²) in [5, 5.41) is 14.5. The monoisotopic (exact) mass is 295 g/mol. The van der Waals surface area contributed by atoms with Crippen molar-refractivity contribution >= 4 is 17.3 Å². The van der Waals surface area contributed by atoms with Gasteiger partial charge in [-0.2, -0.15) is 0 Å². The van der Waals surface area contributed by atoms with E-state index in [1.807, 2.05) is 24.3 Å². The molecule has 3 unspecified atom stereocenters. The maximum absolute atomic E-state index is 10.1. The predicted octanol–water partition coefficient (Wildman–Crippen LogP) is 4.58. The van der Waals surface area contributed by atoms with Gasteiger partial charge >= 0.3 is 0 Å². The van der Waals surface area contributed by atoms with E-state index < -0.39 is 0 Å². The summed E-state index contributed by atoms with van der Waals surface area (Å²) < 4.78 is 0. The summed E-state index contributed by atoms with van der Waals surface area (Å²) in [7, 11) is 0. The Balaban J connectivity index is 2.29. The topological polar surface area (TPSA) is 32.3 Å². The van der Waals surface area contributed by atoms with E-state index in [1.54, 1.807) is 0 Å². The zero-order valence-corrected chi connectivity index (χ0v) is 13.5. The SMILES string of the molecule is CC1CCC(C(C)C)C(CO)(Nc2cccc(Cl)c2)C1. The summed E-state index contributed by atoms with van der Waals surface area (Å²) in [5.41, 5.74) is 0.780. The summed E-state index contributed by atoms with van der Waals surface area (Å²) in [4.78, 5) is 0. The van der Waals surface area contributed by atoms with Gasteiger partial charge in [-0.05, 0) is 48.8 Å². The van der Waals surface area contributed by atoms with Crippen LogP contribution in [0.3, 0.4) is 0 Å². The van der Waals surface area contributed by atoms with Crippen LogP contribution in [0.25, 0.3) is 0 Å². The zero-order valence-electron chi connectivity index (χ0n) is 12.7. The van der Waals surface area contributed by atoms with E-state index in [9.17, 15) is 5.11 Å². The molecule has 1 aliphatic carbocycles. The van der Waals surface area contributed by atoms with Gasteiger partial charge in [0.2, 0.25) is 0 Å². The lowest BCUT2D eigenvalue weighted by Crippen LogP contribution is -2.54. The van der Waals surface area contributed by atoms with Crippen LogP contribution in [-0.2, 0) is 0 Å². The molecule has 0 saturated heterocycles. The minimum atomic E-state index is -0.226. The first kappa shape index (κ1) is 15.7. The van der Waals surface area contributed by atoms with E-state index in [0.717, 1.165) is 17.1 Å². The maximum Gasteiger partial charge on any atom is 0.0664 e. The second-order valence-electron chi connectivity index (χ2n) is 6.69. The first-order chi connectivity index (χ1) is 9.47. The van der Waals surface area contributed by atoms with Crippen LogP contribution in [0.1, 0.15) is 40.0 Å². The molecule has 1 aromatic carbocycles. The molecule has 0 spiro atoms. The molecule has 2 N–H and O–H groups in total. The highest BCUT2D eigenvalue weighted by atomic mass is 35.5. The fraction of sp³-hybridized carbons (Fsp3) is 0.647. The second-order valence-corrected chi connectivity index (χ2v) is 7.12. The van der Waals surface area contributed by atoms with Crippen LogP contribution in [0.5, 0.6) is 0 Å². The van der Waals surface area contributed by atoms with Crippen molar-refractivity contribution in [2.45, 2.75) is 45.6 Å². The number of aliphatic hydroxyl groups excluding tert-OH is 1. The van der Waals surface area contributed by atoms with E-state index in [1.165, 1.54) is 12.8 Å². The van der Waals surface area contributed by atoms with Gasteiger partial charge in [0.1, 0.15) is 0 Å². The first-order valence-electron chi connectivity index (χ1n) is 7.61. The highest BCUT2D eigenvalue weighted by molar-refractivity contribution is 6.30. The lowest BCUT2D eigenvalue weighted by atomic mass is 9.65. The fourth-order valence-corrected chi connectivity index (χ4v) is 4.00. The number of anilines is 1. The molecule has 112 valence electrons. The number of halogens is 1. The van der Waals surface area contributed by atoms with Crippen LogP contribution in [0, 0.1) is 17.8 Å². The molecule has 20 heavy (non-hydrogen) atoms. The van der Waals surface area contributed by atoms with Gasteiger partial charge in [0.25, 0.3) is 0 Å². The van der Waals surface area contributed by atoms with E-state index in [2.05, 4.69) is 26.1 Å². The average Bonchev–Trinajstić information content (AvgIpc) is 2.38. The van der Waals surface area contributed by atoms with Crippen LogP contribution >= 0.6 is 11.6 Å². The smallest absolute Gasteiger partial charge is 0.0664 e. The van der Waals surface area contributed by atoms with E-state index >= 15 is 0 Å². The summed E-state index contributed by atoms with van der Waals surface area (Å²) in [6.07, 6.45) is 3.44. The van der Waals surface area contributed by atoms with Gasteiger partial charge in [0.05, 0.1) is 12.1 Å². The number of hydrogen-bond donors (Lipinski definition) is 2. The van der Waals surface area contributed by atoms with Crippen molar-refractivity contribution in [3.63, 3.8) is 0 Å². The lowest BCUT2D eigenvalue weighted by molar-refractivity contribution is 0.0685. The summed E-state index contributed by atoms with van der Waals surface area (Å²) in [6.45, 7) is 6.96. The van der Waals surface area contributed by atoms with Gasteiger partial charge in [0, 0.05) is 10.7 Å². The molecule has 0 radical (unpaired) electrons. The molecule has 0 aliphatic heterocycles. The van der Waals surface area contributed by atoms with Crippen molar-refractivity contribution in [3.8, 4) is 0 Å². The van der Waals surface area contributed by atoms with Crippen molar-refractivity contribution in [2.75, 3.05) is 11.9 Å².